The molecule has 2 heterocycles. The van der Waals surface area contributed by atoms with Crippen molar-refractivity contribution in [2.24, 2.45) is 11.8 Å². The molecule has 112 valence electrons. The molecule has 1 saturated heterocycles. The first-order valence-electron chi connectivity index (χ1n) is 8.24. The van der Waals surface area contributed by atoms with Gasteiger partial charge in [-0.1, -0.05) is 6.42 Å². The highest BCUT2D eigenvalue weighted by Gasteiger charge is 2.42. The number of carbonyl (C=O) groups is 1. The van der Waals surface area contributed by atoms with Crippen LogP contribution in [0.1, 0.15) is 36.0 Å². The lowest BCUT2D eigenvalue weighted by Gasteiger charge is -2.41. The van der Waals surface area contributed by atoms with E-state index in [4.69, 9.17) is 0 Å². The Labute approximate surface area is 126 Å². The highest BCUT2D eigenvalue weighted by atomic mass is 16.2. The maximum Gasteiger partial charge on any atom is 0.254 e. The van der Waals surface area contributed by atoms with E-state index in [1.54, 1.807) is 12.4 Å². The van der Waals surface area contributed by atoms with E-state index in [1.807, 2.05) is 17.0 Å². The van der Waals surface area contributed by atoms with Crippen LogP contribution in [0.3, 0.4) is 0 Å². The fourth-order valence-electron chi connectivity index (χ4n) is 4.59. The summed E-state index contributed by atoms with van der Waals surface area (Å²) in [5.41, 5.74) is 0.762. The van der Waals surface area contributed by atoms with Gasteiger partial charge in [0.15, 0.2) is 0 Å². The highest BCUT2D eigenvalue weighted by molar-refractivity contribution is 5.94. The Bertz CT molecular complexity index is 510. The molecule has 4 rings (SSSR count). The molecule has 1 aromatic heterocycles. The number of fused-ring (bicyclic) bond motifs is 2. The molecule has 3 aliphatic rings. The lowest BCUT2D eigenvalue weighted by molar-refractivity contribution is 0.0496. The van der Waals surface area contributed by atoms with Crippen molar-refractivity contribution in [1.29, 1.82) is 0 Å². The first kappa shape index (κ1) is 13.3. The average molecular weight is 285 g/mol. The van der Waals surface area contributed by atoms with Crippen LogP contribution in [-0.2, 0) is 0 Å². The second kappa shape index (κ2) is 5.41. The maximum atomic E-state index is 12.4. The topological polar surface area (TPSA) is 36.4 Å². The molecule has 4 heteroatoms. The molecular formula is C17H23N3O. The lowest BCUT2D eigenvalue weighted by atomic mass is 9.93. The van der Waals surface area contributed by atoms with E-state index >= 15 is 0 Å². The van der Waals surface area contributed by atoms with E-state index in [0.29, 0.717) is 0 Å². The molecule has 0 aromatic carbocycles. The molecule has 2 saturated carbocycles. The SMILES string of the molecule is O=C(c1ccncc1)N1CCN([C@H]2C[C@H]3CC[C@H]2C3)CC1. The van der Waals surface area contributed by atoms with Crippen molar-refractivity contribution in [3.8, 4) is 0 Å². The Morgan fingerprint density at radius 3 is 2.43 bits per heavy atom. The Morgan fingerprint density at radius 2 is 1.81 bits per heavy atom. The predicted molar refractivity (Wildman–Crippen MR) is 80.9 cm³/mol. The van der Waals surface area contributed by atoms with Gasteiger partial charge >= 0.3 is 0 Å². The van der Waals surface area contributed by atoms with E-state index in [2.05, 4.69) is 9.88 Å². The summed E-state index contributed by atoms with van der Waals surface area (Å²) in [4.78, 5) is 21.1. The van der Waals surface area contributed by atoms with Crippen LogP contribution in [0.25, 0.3) is 0 Å². The third-order valence-corrected chi connectivity index (χ3v) is 5.70. The number of aromatic nitrogens is 1. The van der Waals surface area contributed by atoms with Crippen molar-refractivity contribution in [2.75, 3.05) is 26.2 Å². The summed E-state index contributed by atoms with van der Waals surface area (Å²) < 4.78 is 0. The Balaban J connectivity index is 1.36. The number of hydrogen-bond donors (Lipinski definition) is 0. The standard InChI is InChI=1S/C17H23N3O/c21-17(14-3-5-18-6-4-14)20-9-7-19(8-10-20)16-12-13-1-2-15(16)11-13/h3-6,13,15-16H,1-2,7-12H2/t13-,15-,16-/m0/s1. The number of nitrogens with zero attached hydrogens (tertiary/aromatic N) is 3. The van der Waals surface area contributed by atoms with Gasteiger partial charge in [-0.2, -0.15) is 0 Å². The molecule has 1 aromatic rings. The minimum atomic E-state index is 0.157. The van der Waals surface area contributed by atoms with Gasteiger partial charge < -0.3 is 4.90 Å². The Hall–Kier alpha value is -1.42. The maximum absolute atomic E-state index is 12.4. The molecule has 2 bridgehead atoms. The molecule has 3 atom stereocenters. The normalized spacial score (nSPS) is 32.6. The monoisotopic (exact) mass is 285 g/mol. The van der Waals surface area contributed by atoms with Crippen LogP contribution in [-0.4, -0.2) is 52.9 Å². The van der Waals surface area contributed by atoms with Crippen molar-refractivity contribution < 1.29 is 4.79 Å². The zero-order valence-electron chi connectivity index (χ0n) is 12.4. The van der Waals surface area contributed by atoms with Gasteiger partial charge in [0, 0.05) is 50.2 Å². The quantitative estimate of drug-likeness (QED) is 0.834. The number of carbonyl (C=O) groups excluding carboxylic acids is 1. The van der Waals surface area contributed by atoms with Crippen LogP contribution < -0.4 is 0 Å². The fourth-order valence-corrected chi connectivity index (χ4v) is 4.59. The number of rotatable bonds is 2. The van der Waals surface area contributed by atoms with Gasteiger partial charge in [-0.05, 0) is 43.2 Å². The molecule has 3 fully saturated rings. The van der Waals surface area contributed by atoms with Crippen LogP contribution in [0.2, 0.25) is 0 Å². The van der Waals surface area contributed by atoms with Gasteiger partial charge in [-0.3, -0.25) is 14.7 Å². The third-order valence-electron chi connectivity index (χ3n) is 5.70. The Morgan fingerprint density at radius 1 is 1.05 bits per heavy atom. The van der Waals surface area contributed by atoms with Crippen molar-refractivity contribution in [3.63, 3.8) is 0 Å². The van der Waals surface area contributed by atoms with Crippen molar-refractivity contribution in [3.05, 3.63) is 30.1 Å². The molecule has 0 unspecified atom stereocenters. The fraction of sp³-hybridized carbons (Fsp3) is 0.647. The van der Waals surface area contributed by atoms with Crippen molar-refractivity contribution >= 4 is 5.91 Å². The van der Waals surface area contributed by atoms with Gasteiger partial charge in [0.1, 0.15) is 0 Å². The summed E-state index contributed by atoms with van der Waals surface area (Å²) in [6.07, 6.45) is 9.15. The molecule has 0 spiro atoms. The summed E-state index contributed by atoms with van der Waals surface area (Å²) >= 11 is 0. The molecule has 0 N–H and O–H groups in total. The molecular weight excluding hydrogens is 262 g/mol. The minimum Gasteiger partial charge on any atom is -0.336 e. The first-order chi connectivity index (χ1) is 10.3. The van der Waals surface area contributed by atoms with E-state index in [1.165, 1.54) is 25.7 Å². The van der Waals surface area contributed by atoms with Crippen LogP contribution in [0.5, 0.6) is 0 Å². The molecule has 0 radical (unpaired) electrons. The van der Waals surface area contributed by atoms with Crippen LogP contribution >= 0.6 is 0 Å². The first-order valence-corrected chi connectivity index (χ1v) is 8.24. The highest BCUT2D eigenvalue weighted by Crippen LogP contribution is 2.46. The van der Waals surface area contributed by atoms with Crippen LogP contribution in [0.4, 0.5) is 0 Å². The smallest absolute Gasteiger partial charge is 0.254 e. The summed E-state index contributed by atoms with van der Waals surface area (Å²) in [5, 5.41) is 0. The van der Waals surface area contributed by atoms with Crippen molar-refractivity contribution in [1.82, 2.24) is 14.8 Å². The van der Waals surface area contributed by atoms with E-state index in [0.717, 1.165) is 49.6 Å². The predicted octanol–water partition coefficient (Wildman–Crippen LogP) is 2.03. The summed E-state index contributed by atoms with van der Waals surface area (Å²) in [5.74, 6) is 2.10. The zero-order valence-corrected chi connectivity index (χ0v) is 12.4. The number of pyridine rings is 1. The summed E-state index contributed by atoms with van der Waals surface area (Å²) in [6, 6.07) is 4.43. The average Bonchev–Trinajstić information content (AvgIpc) is 3.18. The number of hydrogen-bond acceptors (Lipinski definition) is 3. The van der Waals surface area contributed by atoms with Crippen molar-refractivity contribution in [2.45, 2.75) is 31.7 Å². The summed E-state index contributed by atoms with van der Waals surface area (Å²) in [6.45, 7) is 3.83. The van der Waals surface area contributed by atoms with Gasteiger partial charge in [0.2, 0.25) is 0 Å². The third kappa shape index (κ3) is 2.46. The molecule has 1 amide bonds. The largest absolute Gasteiger partial charge is 0.336 e. The minimum absolute atomic E-state index is 0.157. The zero-order chi connectivity index (χ0) is 14.2. The molecule has 2 aliphatic carbocycles. The van der Waals surface area contributed by atoms with E-state index in [-0.39, 0.29) is 5.91 Å². The summed E-state index contributed by atoms with van der Waals surface area (Å²) in [7, 11) is 0. The Kier molecular flexibility index (Phi) is 3.42. The molecule has 1 aliphatic heterocycles. The molecule has 4 nitrogen and oxygen atoms in total. The van der Waals surface area contributed by atoms with Gasteiger partial charge in [-0.15, -0.1) is 0 Å². The second-order valence-electron chi connectivity index (χ2n) is 6.81. The van der Waals surface area contributed by atoms with Gasteiger partial charge in [-0.25, -0.2) is 0 Å². The van der Waals surface area contributed by atoms with E-state index in [9.17, 15) is 4.79 Å². The lowest BCUT2D eigenvalue weighted by Crippen LogP contribution is -2.53. The second-order valence-corrected chi connectivity index (χ2v) is 6.81. The van der Waals surface area contributed by atoms with Gasteiger partial charge in [0.25, 0.3) is 5.91 Å². The number of piperazine rings is 1. The van der Waals surface area contributed by atoms with E-state index < -0.39 is 0 Å². The van der Waals surface area contributed by atoms with Crippen LogP contribution in [0, 0.1) is 11.8 Å². The number of amides is 1. The van der Waals surface area contributed by atoms with Crippen LogP contribution in [0.15, 0.2) is 24.5 Å². The molecule has 21 heavy (non-hydrogen) atoms. The van der Waals surface area contributed by atoms with Gasteiger partial charge in [0.05, 0.1) is 0 Å².